The van der Waals surface area contributed by atoms with Crippen LogP contribution in [0.2, 0.25) is 5.02 Å². The highest BCUT2D eigenvalue weighted by atomic mass is 35.5. The van der Waals surface area contributed by atoms with Crippen molar-refractivity contribution in [2.45, 2.75) is 36.6 Å². The van der Waals surface area contributed by atoms with Crippen LogP contribution in [0.15, 0.2) is 23.1 Å². The number of nitrogens with zero attached hydrogens (tertiary/aromatic N) is 1. The largest absolute Gasteiger partial charge is 0.270 e. The summed E-state index contributed by atoms with van der Waals surface area (Å²) in [6.45, 7) is 0. The van der Waals surface area contributed by atoms with Crippen LogP contribution in [0.5, 0.6) is 0 Å². The number of hydrogen-bond acceptors (Lipinski definition) is 4. The third kappa shape index (κ3) is 3.23. The number of sulfonamides is 1. The maximum absolute atomic E-state index is 12.2. The van der Waals surface area contributed by atoms with E-state index in [2.05, 4.69) is 4.72 Å². The van der Waals surface area contributed by atoms with Crippen molar-refractivity contribution in [1.82, 2.24) is 4.72 Å². The van der Waals surface area contributed by atoms with Gasteiger partial charge in [0.25, 0.3) is 5.69 Å². The van der Waals surface area contributed by atoms with E-state index in [4.69, 9.17) is 11.6 Å². The molecule has 0 radical (unpaired) electrons. The molecule has 0 spiro atoms. The minimum atomic E-state index is -3.82. The molecule has 8 heteroatoms. The highest BCUT2D eigenvalue weighted by molar-refractivity contribution is 7.89. The van der Waals surface area contributed by atoms with E-state index in [1.54, 1.807) is 0 Å². The topological polar surface area (TPSA) is 89.3 Å². The lowest BCUT2D eigenvalue weighted by Crippen LogP contribution is -2.32. The number of non-ortho nitro benzene ring substituents is 1. The van der Waals surface area contributed by atoms with Crippen molar-refractivity contribution in [2.24, 2.45) is 0 Å². The highest BCUT2D eigenvalue weighted by Gasteiger charge is 2.26. The summed E-state index contributed by atoms with van der Waals surface area (Å²) in [6.07, 6.45) is 3.53. The lowest BCUT2D eigenvalue weighted by molar-refractivity contribution is -0.385. The van der Waals surface area contributed by atoms with Gasteiger partial charge in [-0.25, -0.2) is 13.1 Å². The molecule has 0 amide bonds. The second-order valence-corrected chi connectivity index (χ2v) is 6.56. The number of nitro groups is 1. The second kappa shape index (κ2) is 5.44. The molecule has 0 heterocycles. The number of nitrogens with one attached hydrogen (secondary N) is 1. The lowest BCUT2D eigenvalue weighted by atomic mass is 10.3. The van der Waals surface area contributed by atoms with E-state index in [-0.39, 0.29) is 21.6 Å². The summed E-state index contributed by atoms with van der Waals surface area (Å²) in [6, 6.07) is 3.28. The molecule has 1 aliphatic carbocycles. The van der Waals surface area contributed by atoms with Gasteiger partial charge in [0.05, 0.1) is 9.95 Å². The van der Waals surface area contributed by atoms with Crippen molar-refractivity contribution in [3.8, 4) is 0 Å². The van der Waals surface area contributed by atoms with Gasteiger partial charge in [-0.05, 0) is 18.9 Å². The third-order valence-corrected chi connectivity index (χ3v) is 5.09. The Balaban J connectivity index is 2.33. The van der Waals surface area contributed by atoms with Gasteiger partial charge in [0.2, 0.25) is 10.0 Å². The number of hydrogen-bond donors (Lipinski definition) is 1. The average Bonchev–Trinajstić information content (AvgIpc) is 2.81. The smallest absolute Gasteiger partial charge is 0.258 e. The molecule has 0 bridgehead atoms. The van der Waals surface area contributed by atoms with Gasteiger partial charge in [-0.3, -0.25) is 10.1 Å². The predicted molar refractivity (Wildman–Crippen MR) is 70.7 cm³/mol. The Bertz CT molecular complexity index is 597. The molecule has 1 N–H and O–H groups in total. The highest BCUT2D eigenvalue weighted by Crippen LogP contribution is 2.27. The monoisotopic (exact) mass is 304 g/mol. The van der Waals surface area contributed by atoms with Crippen LogP contribution in [0.4, 0.5) is 5.69 Å². The van der Waals surface area contributed by atoms with Crippen LogP contribution in [-0.4, -0.2) is 19.4 Å². The number of rotatable bonds is 4. The van der Waals surface area contributed by atoms with Crippen LogP contribution in [0.1, 0.15) is 25.7 Å². The Kier molecular flexibility index (Phi) is 4.07. The molecule has 1 aromatic carbocycles. The summed E-state index contributed by atoms with van der Waals surface area (Å²) in [5.74, 6) is 0. The van der Waals surface area contributed by atoms with Gasteiger partial charge in [0, 0.05) is 18.2 Å². The Morgan fingerprint density at radius 1 is 1.32 bits per heavy atom. The van der Waals surface area contributed by atoms with E-state index in [1.165, 1.54) is 12.1 Å². The molecule has 0 aromatic heterocycles. The maximum Gasteiger partial charge on any atom is 0.270 e. The van der Waals surface area contributed by atoms with E-state index in [1.807, 2.05) is 0 Å². The molecule has 19 heavy (non-hydrogen) atoms. The van der Waals surface area contributed by atoms with Crippen molar-refractivity contribution in [1.29, 1.82) is 0 Å². The number of nitro benzene ring substituents is 1. The summed E-state index contributed by atoms with van der Waals surface area (Å²) in [7, 11) is -3.82. The van der Waals surface area contributed by atoms with E-state index in [0.717, 1.165) is 31.7 Å². The van der Waals surface area contributed by atoms with Crippen molar-refractivity contribution in [3.05, 3.63) is 33.3 Å². The molecule has 1 aliphatic rings. The van der Waals surface area contributed by atoms with E-state index in [9.17, 15) is 18.5 Å². The average molecular weight is 305 g/mol. The zero-order valence-electron chi connectivity index (χ0n) is 10.0. The van der Waals surface area contributed by atoms with Crippen LogP contribution in [0, 0.1) is 10.1 Å². The van der Waals surface area contributed by atoms with Crippen molar-refractivity contribution < 1.29 is 13.3 Å². The Morgan fingerprint density at radius 3 is 2.53 bits per heavy atom. The van der Waals surface area contributed by atoms with Gasteiger partial charge in [-0.15, -0.1) is 0 Å². The first-order valence-corrected chi connectivity index (χ1v) is 7.72. The first kappa shape index (κ1) is 14.2. The van der Waals surface area contributed by atoms with E-state index in [0.29, 0.717) is 0 Å². The van der Waals surface area contributed by atoms with Crippen molar-refractivity contribution >= 4 is 27.3 Å². The number of benzene rings is 1. The zero-order chi connectivity index (χ0) is 14.0. The molecule has 0 atom stereocenters. The van der Waals surface area contributed by atoms with E-state index >= 15 is 0 Å². The molecule has 1 aromatic rings. The van der Waals surface area contributed by atoms with Gasteiger partial charge in [0.1, 0.15) is 4.90 Å². The predicted octanol–water partition coefficient (Wildman–Crippen LogP) is 2.47. The summed E-state index contributed by atoms with van der Waals surface area (Å²) in [5.41, 5.74) is -0.295. The van der Waals surface area contributed by atoms with Gasteiger partial charge < -0.3 is 0 Å². The van der Waals surface area contributed by atoms with Crippen LogP contribution >= 0.6 is 11.6 Å². The molecule has 1 saturated carbocycles. The van der Waals surface area contributed by atoms with Crippen molar-refractivity contribution in [3.63, 3.8) is 0 Å². The molecular formula is C11H13ClN2O4S. The van der Waals surface area contributed by atoms with Crippen LogP contribution in [-0.2, 0) is 10.0 Å². The standard InChI is InChI=1S/C11H13ClN2O4S/c12-10-6-5-9(14(15)16)7-11(10)19(17,18)13-8-3-1-2-4-8/h5-8,13H,1-4H2. The fourth-order valence-electron chi connectivity index (χ4n) is 2.14. The lowest BCUT2D eigenvalue weighted by Gasteiger charge is -2.13. The fourth-order valence-corrected chi connectivity index (χ4v) is 3.96. The quantitative estimate of drug-likeness (QED) is 0.683. The summed E-state index contributed by atoms with van der Waals surface area (Å²) >= 11 is 5.83. The van der Waals surface area contributed by atoms with Crippen LogP contribution in [0.3, 0.4) is 0 Å². The zero-order valence-corrected chi connectivity index (χ0v) is 11.6. The Labute approximate surface area is 116 Å². The fraction of sp³-hybridized carbons (Fsp3) is 0.455. The SMILES string of the molecule is O=[N+]([O-])c1ccc(Cl)c(S(=O)(=O)NC2CCCC2)c1. The van der Waals surface area contributed by atoms with E-state index < -0.39 is 14.9 Å². The Hall–Kier alpha value is -1.18. The minimum absolute atomic E-state index is 0.0175. The molecule has 2 rings (SSSR count). The third-order valence-electron chi connectivity index (χ3n) is 3.09. The van der Waals surface area contributed by atoms with Gasteiger partial charge in [-0.2, -0.15) is 0 Å². The molecule has 0 aliphatic heterocycles. The molecule has 6 nitrogen and oxygen atoms in total. The van der Waals surface area contributed by atoms with Gasteiger partial charge in [-0.1, -0.05) is 24.4 Å². The Morgan fingerprint density at radius 2 is 1.95 bits per heavy atom. The van der Waals surface area contributed by atoms with Crippen LogP contribution in [0.25, 0.3) is 0 Å². The molecule has 0 unspecified atom stereocenters. The van der Waals surface area contributed by atoms with Crippen LogP contribution < -0.4 is 4.72 Å². The summed E-state index contributed by atoms with van der Waals surface area (Å²) in [5, 5.41) is 10.7. The summed E-state index contributed by atoms with van der Waals surface area (Å²) < 4.78 is 26.9. The first-order valence-electron chi connectivity index (χ1n) is 5.86. The molecule has 0 saturated heterocycles. The number of halogens is 1. The van der Waals surface area contributed by atoms with Gasteiger partial charge >= 0.3 is 0 Å². The minimum Gasteiger partial charge on any atom is -0.258 e. The van der Waals surface area contributed by atoms with Gasteiger partial charge in [0.15, 0.2) is 0 Å². The normalized spacial score (nSPS) is 16.7. The summed E-state index contributed by atoms with van der Waals surface area (Å²) in [4.78, 5) is 9.79. The maximum atomic E-state index is 12.2. The van der Waals surface area contributed by atoms with Crippen molar-refractivity contribution in [2.75, 3.05) is 0 Å². The first-order chi connectivity index (χ1) is 8.90. The molecule has 1 fully saturated rings. The second-order valence-electron chi connectivity index (χ2n) is 4.47. The molecular weight excluding hydrogens is 292 g/mol. The molecule has 104 valence electrons.